The van der Waals surface area contributed by atoms with Crippen molar-refractivity contribution in [1.29, 1.82) is 0 Å². The van der Waals surface area contributed by atoms with Gasteiger partial charge in [0.1, 0.15) is 0 Å². The molecule has 31 heavy (non-hydrogen) atoms. The van der Waals surface area contributed by atoms with Crippen molar-refractivity contribution in [2.75, 3.05) is 28.4 Å². The molecule has 0 aliphatic heterocycles. The highest BCUT2D eigenvalue weighted by Crippen LogP contribution is 2.36. The maximum atomic E-state index is 12.5. The Labute approximate surface area is 183 Å². The fourth-order valence-corrected chi connectivity index (χ4v) is 3.67. The van der Waals surface area contributed by atoms with Gasteiger partial charge in [-0.15, -0.1) is 0 Å². The van der Waals surface area contributed by atoms with Crippen LogP contribution in [-0.2, 0) is 38.1 Å². The summed E-state index contributed by atoms with van der Waals surface area (Å²) in [5.74, 6) is -2.60. The topological polar surface area (TPSA) is 105 Å². The number of hydrogen-bond donors (Lipinski definition) is 0. The zero-order valence-electron chi connectivity index (χ0n) is 18.9. The number of rotatable bonds is 4. The fraction of sp³-hybridized carbons (Fsp3) is 0.565. The minimum Gasteiger partial charge on any atom is -0.468 e. The first kappa shape index (κ1) is 26.1. The minimum absolute atomic E-state index is 0.0860. The SMILES string of the molecule is COC(=O)C1(C(=O)OC)CC=CC=CCC(C(=O)OC)(C(=O)OC)CCC(C)=CCC1. The molecular weight excluding hydrogens is 404 g/mol. The first-order chi connectivity index (χ1) is 14.7. The molecule has 172 valence electrons. The average Bonchev–Trinajstić information content (AvgIpc) is 2.79. The van der Waals surface area contributed by atoms with Crippen molar-refractivity contribution in [1.82, 2.24) is 0 Å². The van der Waals surface area contributed by atoms with Gasteiger partial charge in [-0.05, 0) is 45.4 Å². The smallest absolute Gasteiger partial charge is 0.323 e. The zero-order chi connectivity index (χ0) is 23.5. The van der Waals surface area contributed by atoms with E-state index in [1.165, 1.54) is 28.4 Å². The summed E-state index contributed by atoms with van der Waals surface area (Å²) in [5, 5.41) is 0. The third-order valence-corrected chi connectivity index (χ3v) is 5.63. The first-order valence-electron chi connectivity index (χ1n) is 10.0. The van der Waals surface area contributed by atoms with E-state index in [2.05, 4.69) is 0 Å². The Kier molecular flexibility index (Phi) is 10.2. The number of allylic oxidation sites excluding steroid dienone is 6. The summed E-state index contributed by atoms with van der Waals surface area (Å²) in [6.45, 7) is 1.86. The summed E-state index contributed by atoms with van der Waals surface area (Å²) in [4.78, 5) is 50.1. The van der Waals surface area contributed by atoms with Crippen molar-refractivity contribution in [2.24, 2.45) is 10.8 Å². The van der Waals surface area contributed by atoms with E-state index in [-0.39, 0.29) is 25.7 Å². The van der Waals surface area contributed by atoms with E-state index >= 15 is 0 Å². The van der Waals surface area contributed by atoms with Crippen LogP contribution in [-0.4, -0.2) is 52.3 Å². The summed E-state index contributed by atoms with van der Waals surface area (Å²) in [7, 11) is 4.96. The molecule has 0 bridgehead atoms. The molecule has 0 saturated carbocycles. The third-order valence-electron chi connectivity index (χ3n) is 5.63. The molecule has 0 saturated heterocycles. The monoisotopic (exact) mass is 436 g/mol. The number of methoxy groups -OCH3 is 4. The Hall–Kier alpha value is -2.90. The zero-order valence-corrected chi connectivity index (χ0v) is 18.9. The first-order valence-corrected chi connectivity index (χ1v) is 10.0. The Bertz CT molecular complexity index is 728. The fourth-order valence-electron chi connectivity index (χ4n) is 3.67. The summed E-state index contributed by atoms with van der Waals surface area (Å²) in [5.41, 5.74) is -2.00. The molecule has 0 aromatic carbocycles. The summed E-state index contributed by atoms with van der Waals surface area (Å²) in [6.07, 6.45) is 9.88. The molecule has 0 atom stereocenters. The molecule has 0 radical (unpaired) electrons. The molecule has 1 aliphatic rings. The minimum atomic E-state index is -1.45. The summed E-state index contributed by atoms with van der Waals surface area (Å²) < 4.78 is 19.6. The van der Waals surface area contributed by atoms with Gasteiger partial charge in [-0.3, -0.25) is 19.2 Å². The second-order valence-electron chi connectivity index (χ2n) is 7.48. The Morgan fingerprint density at radius 2 is 1.10 bits per heavy atom. The van der Waals surface area contributed by atoms with Crippen LogP contribution in [0.15, 0.2) is 36.0 Å². The molecule has 1 rings (SSSR count). The Morgan fingerprint density at radius 3 is 1.48 bits per heavy atom. The van der Waals surface area contributed by atoms with E-state index in [1.807, 2.05) is 13.0 Å². The molecule has 0 amide bonds. The summed E-state index contributed by atoms with van der Waals surface area (Å²) >= 11 is 0. The van der Waals surface area contributed by atoms with Gasteiger partial charge in [-0.2, -0.15) is 0 Å². The molecule has 0 aromatic rings. The number of ether oxygens (including phenoxy) is 4. The van der Waals surface area contributed by atoms with Gasteiger partial charge in [-0.25, -0.2) is 0 Å². The molecular formula is C23H32O8. The standard InChI is InChI=1S/C23H32O8/c1-17-11-10-15-22(18(24)28-2,19(25)29-3)13-8-6-7-9-14-23(16-12-17,20(26)30-4)21(27)31-5/h6-9,11H,10,12-16H2,1-5H3. The lowest BCUT2D eigenvalue weighted by molar-refractivity contribution is -0.171. The van der Waals surface area contributed by atoms with Crippen LogP contribution in [0.1, 0.15) is 45.4 Å². The normalized spacial score (nSPS) is 18.7. The second-order valence-corrected chi connectivity index (χ2v) is 7.48. The number of hydrogen-bond acceptors (Lipinski definition) is 8. The maximum Gasteiger partial charge on any atom is 0.323 e. The van der Waals surface area contributed by atoms with Crippen LogP contribution in [0.2, 0.25) is 0 Å². The Balaban J connectivity index is 3.37. The number of carbonyl (C=O) groups excluding carboxylic acids is 4. The number of esters is 4. The van der Waals surface area contributed by atoms with E-state index in [0.717, 1.165) is 5.57 Å². The van der Waals surface area contributed by atoms with Crippen LogP contribution >= 0.6 is 0 Å². The van der Waals surface area contributed by atoms with Gasteiger partial charge in [-0.1, -0.05) is 36.0 Å². The average molecular weight is 437 g/mol. The molecule has 8 heteroatoms. The van der Waals surface area contributed by atoms with E-state index in [4.69, 9.17) is 18.9 Å². The highest BCUT2D eigenvalue weighted by Gasteiger charge is 2.48. The molecule has 0 unspecified atom stereocenters. The number of carbonyl (C=O) groups is 4. The van der Waals surface area contributed by atoms with E-state index < -0.39 is 34.7 Å². The van der Waals surface area contributed by atoms with Gasteiger partial charge < -0.3 is 18.9 Å². The van der Waals surface area contributed by atoms with Crippen LogP contribution < -0.4 is 0 Å². The maximum absolute atomic E-state index is 12.5. The quantitative estimate of drug-likeness (QED) is 0.287. The van der Waals surface area contributed by atoms with Crippen LogP contribution in [0.25, 0.3) is 0 Å². The molecule has 8 nitrogen and oxygen atoms in total. The largest absolute Gasteiger partial charge is 0.468 e. The molecule has 1 aliphatic carbocycles. The predicted molar refractivity (Wildman–Crippen MR) is 113 cm³/mol. The van der Waals surface area contributed by atoms with Crippen LogP contribution in [0.3, 0.4) is 0 Å². The molecule has 0 spiro atoms. The van der Waals surface area contributed by atoms with Gasteiger partial charge in [0.05, 0.1) is 28.4 Å². The summed E-state index contributed by atoms with van der Waals surface area (Å²) in [6, 6.07) is 0. The molecule has 0 fully saturated rings. The highest BCUT2D eigenvalue weighted by atomic mass is 16.6. The van der Waals surface area contributed by atoms with E-state index in [0.29, 0.717) is 12.8 Å². The van der Waals surface area contributed by atoms with E-state index in [1.54, 1.807) is 24.3 Å². The highest BCUT2D eigenvalue weighted by molar-refractivity contribution is 6.00. The lowest BCUT2D eigenvalue weighted by atomic mass is 9.77. The molecule has 0 N–H and O–H groups in total. The van der Waals surface area contributed by atoms with Gasteiger partial charge in [0.25, 0.3) is 0 Å². The molecule has 0 heterocycles. The van der Waals surface area contributed by atoms with Crippen molar-refractivity contribution >= 4 is 23.9 Å². The van der Waals surface area contributed by atoms with Crippen LogP contribution in [0.4, 0.5) is 0 Å². The van der Waals surface area contributed by atoms with Crippen molar-refractivity contribution in [2.45, 2.75) is 45.4 Å². The van der Waals surface area contributed by atoms with Gasteiger partial charge in [0.15, 0.2) is 10.8 Å². The van der Waals surface area contributed by atoms with Gasteiger partial charge in [0.2, 0.25) is 0 Å². The second kappa shape index (κ2) is 12.1. The van der Waals surface area contributed by atoms with E-state index in [9.17, 15) is 19.2 Å². The lowest BCUT2D eigenvalue weighted by Gasteiger charge is -2.28. The van der Waals surface area contributed by atoms with Crippen molar-refractivity contribution in [3.05, 3.63) is 36.0 Å². The third kappa shape index (κ3) is 6.06. The van der Waals surface area contributed by atoms with Gasteiger partial charge in [0, 0.05) is 0 Å². The van der Waals surface area contributed by atoms with Crippen molar-refractivity contribution in [3.8, 4) is 0 Å². The van der Waals surface area contributed by atoms with Gasteiger partial charge >= 0.3 is 23.9 Å². The van der Waals surface area contributed by atoms with Crippen LogP contribution in [0, 0.1) is 10.8 Å². The lowest BCUT2D eigenvalue weighted by Crippen LogP contribution is -2.41. The van der Waals surface area contributed by atoms with Crippen molar-refractivity contribution < 1.29 is 38.1 Å². The van der Waals surface area contributed by atoms with Crippen molar-refractivity contribution in [3.63, 3.8) is 0 Å². The molecule has 0 aromatic heterocycles. The predicted octanol–water partition coefficient (Wildman–Crippen LogP) is 3.06. The van der Waals surface area contributed by atoms with Crippen LogP contribution in [0.5, 0.6) is 0 Å². The Morgan fingerprint density at radius 1 is 0.710 bits per heavy atom.